The van der Waals surface area contributed by atoms with Crippen molar-refractivity contribution in [2.45, 2.75) is 37.6 Å². The highest BCUT2D eigenvalue weighted by molar-refractivity contribution is 7.99. The molecule has 0 bridgehead atoms. The van der Waals surface area contributed by atoms with E-state index in [1.54, 1.807) is 35.6 Å². The predicted molar refractivity (Wildman–Crippen MR) is 118 cm³/mol. The fourth-order valence-corrected chi connectivity index (χ4v) is 4.74. The van der Waals surface area contributed by atoms with Crippen molar-refractivity contribution in [2.75, 3.05) is 17.7 Å². The van der Waals surface area contributed by atoms with E-state index >= 15 is 0 Å². The van der Waals surface area contributed by atoms with Crippen molar-refractivity contribution in [3.8, 4) is 11.4 Å². The summed E-state index contributed by atoms with van der Waals surface area (Å²) in [6.45, 7) is 3.57. The Kier molecular flexibility index (Phi) is 6.54. The largest absolute Gasteiger partial charge is 0.376 e. The molecule has 1 unspecified atom stereocenters. The first-order valence-electron chi connectivity index (χ1n) is 9.37. The van der Waals surface area contributed by atoms with Gasteiger partial charge in [0, 0.05) is 33.1 Å². The molecule has 1 amide bonds. The maximum absolute atomic E-state index is 12.4. The molecule has 1 aliphatic heterocycles. The fraction of sp³-hybridized carbons (Fsp3) is 0.350. The Morgan fingerprint density at radius 2 is 2.21 bits per heavy atom. The molecular formula is C20H21ClN4O2S2. The van der Waals surface area contributed by atoms with Gasteiger partial charge in [0.25, 0.3) is 0 Å². The first-order valence-corrected chi connectivity index (χ1v) is 11.6. The van der Waals surface area contributed by atoms with Crippen LogP contribution in [0.15, 0.2) is 40.9 Å². The van der Waals surface area contributed by atoms with Crippen molar-refractivity contribution in [2.24, 2.45) is 0 Å². The third-order valence-corrected chi connectivity index (χ3v) is 6.66. The van der Waals surface area contributed by atoms with Crippen molar-refractivity contribution in [3.05, 3.63) is 45.6 Å². The molecule has 1 atom stereocenters. The quantitative estimate of drug-likeness (QED) is 0.522. The minimum atomic E-state index is -0.100. The summed E-state index contributed by atoms with van der Waals surface area (Å²) in [7, 11) is 0. The summed E-state index contributed by atoms with van der Waals surface area (Å²) in [5.41, 5.74) is 1.77. The number of halogens is 1. The third kappa shape index (κ3) is 5.19. The number of ether oxygens (including phenoxy) is 1. The van der Waals surface area contributed by atoms with Crippen LogP contribution in [0.25, 0.3) is 11.4 Å². The molecule has 0 spiro atoms. The van der Waals surface area contributed by atoms with Gasteiger partial charge in [0.15, 0.2) is 11.0 Å². The first-order chi connectivity index (χ1) is 14.1. The van der Waals surface area contributed by atoms with Crippen molar-refractivity contribution in [3.63, 3.8) is 0 Å². The van der Waals surface area contributed by atoms with Crippen LogP contribution in [0.3, 0.4) is 0 Å². The van der Waals surface area contributed by atoms with E-state index in [0.29, 0.717) is 11.6 Å². The van der Waals surface area contributed by atoms with Gasteiger partial charge in [-0.1, -0.05) is 23.4 Å². The minimum Gasteiger partial charge on any atom is -0.376 e. The molecule has 4 rings (SSSR count). The molecule has 1 aromatic carbocycles. The lowest BCUT2D eigenvalue weighted by Crippen LogP contribution is -2.18. The summed E-state index contributed by atoms with van der Waals surface area (Å²) >= 11 is 8.96. The van der Waals surface area contributed by atoms with Gasteiger partial charge in [0.1, 0.15) is 0 Å². The first kappa shape index (κ1) is 20.4. The molecule has 6 nitrogen and oxygen atoms in total. The van der Waals surface area contributed by atoms with Crippen LogP contribution in [0.5, 0.6) is 0 Å². The van der Waals surface area contributed by atoms with Crippen LogP contribution in [0.2, 0.25) is 5.02 Å². The number of hydrogen-bond acceptors (Lipinski definition) is 6. The summed E-state index contributed by atoms with van der Waals surface area (Å²) < 4.78 is 7.90. The van der Waals surface area contributed by atoms with Gasteiger partial charge >= 0.3 is 0 Å². The second kappa shape index (κ2) is 9.30. The van der Waals surface area contributed by atoms with Crippen LogP contribution in [-0.2, 0) is 16.1 Å². The Hall–Kier alpha value is -1.87. The second-order valence-electron chi connectivity index (χ2n) is 6.84. The van der Waals surface area contributed by atoms with Crippen LogP contribution in [-0.4, -0.2) is 39.1 Å². The number of hydrogen-bond donors (Lipinski definition) is 1. The normalized spacial score (nSPS) is 16.3. The van der Waals surface area contributed by atoms with E-state index in [1.165, 1.54) is 16.6 Å². The molecule has 3 heterocycles. The lowest BCUT2D eigenvalue weighted by Gasteiger charge is -2.14. The van der Waals surface area contributed by atoms with Gasteiger partial charge < -0.3 is 10.1 Å². The van der Waals surface area contributed by atoms with Crippen LogP contribution in [0.4, 0.5) is 5.69 Å². The van der Waals surface area contributed by atoms with E-state index in [9.17, 15) is 4.79 Å². The Bertz CT molecular complexity index is 981. The molecular weight excluding hydrogens is 428 g/mol. The molecule has 2 aromatic heterocycles. The summed E-state index contributed by atoms with van der Waals surface area (Å²) in [4.78, 5) is 13.6. The lowest BCUT2D eigenvalue weighted by molar-refractivity contribution is -0.113. The number of carbonyl (C=O) groups excluding carboxylic acids is 1. The second-order valence-corrected chi connectivity index (χ2v) is 9.34. The maximum Gasteiger partial charge on any atom is 0.234 e. The number of rotatable bonds is 7. The van der Waals surface area contributed by atoms with Crippen LogP contribution >= 0.6 is 34.7 Å². The number of aromatic nitrogens is 3. The number of anilines is 1. The van der Waals surface area contributed by atoms with Gasteiger partial charge in [-0.3, -0.25) is 9.36 Å². The molecule has 1 saturated heterocycles. The molecule has 3 aromatic rings. The highest BCUT2D eigenvalue weighted by Crippen LogP contribution is 2.29. The molecule has 0 saturated carbocycles. The van der Waals surface area contributed by atoms with Crippen LogP contribution < -0.4 is 5.32 Å². The van der Waals surface area contributed by atoms with Crippen molar-refractivity contribution in [1.82, 2.24) is 14.8 Å². The van der Waals surface area contributed by atoms with Gasteiger partial charge in [0.05, 0.1) is 18.4 Å². The number of nitrogens with zero attached hydrogens (tertiary/aromatic N) is 3. The lowest BCUT2D eigenvalue weighted by atomic mass is 10.2. The predicted octanol–water partition coefficient (Wildman–Crippen LogP) is 4.88. The zero-order valence-corrected chi connectivity index (χ0v) is 18.3. The summed E-state index contributed by atoms with van der Waals surface area (Å²) in [6.07, 6.45) is 2.26. The van der Waals surface area contributed by atoms with Crippen molar-refractivity contribution in [1.29, 1.82) is 0 Å². The zero-order chi connectivity index (χ0) is 20.2. The Morgan fingerprint density at radius 3 is 2.90 bits per heavy atom. The topological polar surface area (TPSA) is 69.0 Å². The van der Waals surface area contributed by atoms with Gasteiger partial charge in [-0.25, -0.2) is 0 Å². The number of amides is 1. The fourth-order valence-electron chi connectivity index (χ4n) is 3.19. The van der Waals surface area contributed by atoms with Gasteiger partial charge in [-0.05, 0) is 50.1 Å². The molecule has 9 heteroatoms. The minimum absolute atomic E-state index is 0.100. The summed E-state index contributed by atoms with van der Waals surface area (Å²) in [5.74, 6) is 0.969. The smallest absolute Gasteiger partial charge is 0.234 e. The average molecular weight is 449 g/mol. The third-order valence-electron chi connectivity index (χ3n) is 4.58. The van der Waals surface area contributed by atoms with Gasteiger partial charge in [-0.2, -0.15) is 0 Å². The van der Waals surface area contributed by atoms with E-state index < -0.39 is 0 Å². The highest BCUT2D eigenvalue weighted by Gasteiger charge is 2.22. The van der Waals surface area contributed by atoms with Crippen LogP contribution in [0.1, 0.15) is 17.7 Å². The monoisotopic (exact) mass is 448 g/mol. The number of aryl methyl sites for hydroxylation is 1. The highest BCUT2D eigenvalue weighted by atomic mass is 35.5. The number of nitrogens with one attached hydrogen (secondary N) is 1. The maximum atomic E-state index is 12.4. The summed E-state index contributed by atoms with van der Waals surface area (Å²) in [6, 6.07) is 9.17. The molecule has 1 aliphatic rings. The number of benzene rings is 1. The van der Waals surface area contributed by atoms with E-state index in [2.05, 4.69) is 38.5 Å². The number of carbonyl (C=O) groups is 1. The van der Waals surface area contributed by atoms with E-state index in [4.69, 9.17) is 16.3 Å². The zero-order valence-electron chi connectivity index (χ0n) is 15.9. The molecule has 29 heavy (non-hydrogen) atoms. The molecule has 0 radical (unpaired) electrons. The van der Waals surface area contributed by atoms with E-state index in [1.807, 2.05) is 0 Å². The molecule has 1 N–H and O–H groups in total. The van der Waals surface area contributed by atoms with Crippen LogP contribution in [0, 0.1) is 6.92 Å². The van der Waals surface area contributed by atoms with Crippen molar-refractivity contribution >= 4 is 46.3 Å². The Balaban J connectivity index is 1.47. The van der Waals surface area contributed by atoms with Gasteiger partial charge in [-0.15, -0.1) is 21.5 Å². The van der Waals surface area contributed by atoms with Crippen molar-refractivity contribution < 1.29 is 9.53 Å². The Morgan fingerprint density at radius 1 is 1.38 bits per heavy atom. The molecule has 1 fully saturated rings. The van der Waals surface area contributed by atoms with E-state index in [-0.39, 0.29) is 17.8 Å². The number of thioether (sulfide) groups is 1. The molecule has 152 valence electrons. The SMILES string of the molecule is Cc1cc(-c2nnc(SCC(=O)Nc3ccc(Cl)cc3)n2CC2CCCO2)cs1. The van der Waals surface area contributed by atoms with E-state index in [0.717, 1.165) is 41.7 Å². The standard InChI is InChI=1S/C20H21ClN4O2S2/c1-13-9-14(11-28-13)19-23-24-20(25(19)10-17-3-2-8-27-17)29-12-18(26)22-16-6-4-15(21)5-7-16/h4-7,9,11,17H,2-3,8,10,12H2,1H3,(H,22,26). The molecule has 0 aliphatic carbocycles. The number of thiophene rings is 1. The average Bonchev–Trinajstić information content (AvgIpc) is 3.44. The Labute approximate surface area is 182 Å². The summed E-state index contributed by atoms with van der Waals surface area (Å²) in [5, 5.41) is 15.1. The van der Waals surface area contributed by atoms with Gasteiger partial charge in [0.2, 0.25) is 5.91 Å².